The number of carbonyl (C=O) groups is 1. The highest BCUT2D eigenvalue weighted by Crippen LogP contribution is 2.33. The monoisotopic (exact) mass is 514 g/mol. The van der Waals surface area contributed by atoms with Crippen molar-refractivity contribution in [1.29, 1.82) is 0 Å². The third kappa shape index (κ3) is 5.83. The minimum atomic E-state index is -4.13. The Morgan fingerprint density at radius 1 is 0.806 bits per heavy atom. The molecule has 192 valence electrons. The smallest absolute Gasteiger partial charge is 0.264 e. The fourth-order valence-corrected chi connectivity index (χ4v) is 5.07. The number of methoxy groups -OCH3 is 4. The number of ether oxygens (including phenoxy) is 4. The van der Waals surface area contributed by atoms with E-state index >= 15 is 0 Å². The Hall–Kier alpha value is -3.92. The number of sulfonamides is 1. The van der Waals surface area contributed by atoms with Gasteiger partial charge in [0.25, 0.3) is 10.0 Å². The van der Waals surface area contributed by atoms with Gasteiger partial charge in [0.2, 0.25) is 5.91 Å². The molecule has 0 aliphatic heterocycles. The first kappa shape index (κ1) is 26.7. The molecule has 0 spiro atoms. The molecule has 0 aromatic heterocycles. The molecule has 1 N–H and O–H groups in total. The highest BCUT2D eigenvalue weighted by molar-refractivity contribution is 7.92. The molecule has 9 nitrogen and oxygen atoms in total. The summed E-state index contributed by atoms with van der Waals surface area (Å²) < 4.78 is 49.5. The van der Waals surface area contributed by atoms with E-state index in [4.69, 9.17) is 18.9 Å². The fourth-order valence-electron chi connectivity index (χ4n) is 3.64. The Morgan fingerprint density at radius 2 is 1.36 bits per heavy atom. The molecule has 3 rings (SSSR count). The average molecular weight is 515 g/mol. The summed E-state index contributed by atoms with van der Waals surface area (Å²) in [5, 5.41) is 2.86. The molecule has 3 aromatic carbocycles. The standard InChI is InChI=1S/C26H30N2O7S/c1-18(19-11-13-22(32-2)24(15-19)34-4)27-26(29)17-28(20-9-7-6-8-10-20)36(30,31)21-12-14-23(33-3)25(16-21)35-5/h6-16,18H,17H2,1-5H3,(H,27,29)/t18-/m0/s1. The van der Waals surface area contributed by atoms with Crippen LogP contribution in [0, 0.1) is 0 Å². The molecule has 0 saturated heterocycles. The van der Waals surface area contributed by atoms with Gasteiger partial charge in [-0.2, -0.15) is 0 Å². The lowest BCUT2D eigenvalue weighted by molar-refractivity contribution is -0.120. The van der Waals surface area contributed by atoms with E-state index in [2.05, 4.69) is 5.32 Å². The summed E-state index contributed by atoms with van der Waals surface area (Å²) in [6.07, 6.45) is 0. The highest BCUT2D eigenvalue weighted by atomic mass is 32.2. The number of hydrogen-bond acceptors (Lipinski definition) is 7. The maximum Gasteiger partial charge on any atom is 0.264 e. The maximum atomic E-state index is 13.7. The van der Waals surface area contributed by atoms with Crippen LogP contribution in [0.2, 0.25) is 0 Å². The Kier molecular flexibility index (Phi) is 8.65. The highest BCUT2D eigenvalue weighted by Gasteiger charge is 2.29. The summed E-state index contributed by atoms with van der Waals surface area (Å²) in [6, 6.07) is 17.6. The summed E-state index contributed by atoms with van der Waals surface area (Å²) in [6.45, 7) is 1.37. The van der Waals surface area contributed by atoms with Gasteiger partial charge in [-0.25, -0.2) is 8.42 Å². The minimum absolute atomic E-state index is 0.0373. The second-order valence-electron chi connectivity index (χ2n) is 7.77. The molecule has 36 heavy (non-hydrogen) atoms. The summed E-state index contributed by atoms with van der Waals surface area (Å²) in [7, 11) is 1.83. The van der Waals surface area contributed by atoms with Crippen molar-refractivity contribution in [1.82, 2.24) is 5.32 Å². The van der Waals surface area contributed by atoms with Crippen LogP contribution in [0.3, 0.4) is 0 Å². The van der Waals surface area contributed by atoms with Crippen molar-refractivity contribution in [2.75, 3.05) is 39.3 Å². The van der Waals surface area contributed by atoms with Gasteiger partial charge in [0.15, 0.2) is 23.0 Å². The topological polar surface area (TPSA) is 103 Å². The normalized spacial score (nSPS) is 11.8. The molecule has 0 aliphatic carbocycles. The van der Waals surface area contributed by atoms with Crippen LogP contribution < -0.4 is 28.6 Å². The molecule has 0 heterocycles. The van der Waals surface area contributed by atoms with Gasteiger partial charge in [-0.15, -0.1) is 0 Å². The molecule has 0 radical (unpaired) electrons. The number of carbonyl (C=O) groups excluding carboxylic acids is 1. The summed E-state index contributed by atoms with van der Waals surface area (Å²) in [5.74, 6) is 1.27. The van der Waals surface area contributed by atoms with E-state index in [0.717, 1.165) is 9.87 Å². The lowest BCUT2D eigenvalue weighted by Gasteiger charge is -2.25. The molecule has 10 heteroatoms. The second-order valence-corrected chi connectivity index (χ2v) is 9.63. The van der Waals surface area contributed by atoms with Crippen LogP contribution in [0.1, 0.15) is 18.5 Å². The molecular formula is C26H30N2O7S. The van der Waals surface area contributed by atoms with Crippen molar-refractivity contribution >= 4 is 21.6 Å². The summed E-state index contributed by atoms with van der Waals surface area (Å²) in [5.41, 5.74) is 1.12. The number of rotatable bonds is 11. The first-order valence-electron chi connectivity index (χ1n) is 11.1. The molecule has 1 amide bonds. The number of amides is 1. The molecule has 0 fully saturated rings. The van der Waals surface area contributed by atoms with Gasteiger partial charge in [0, 0.05) is 6.07 Å². The van der Waals surface area contributed by atoms with Gasteiger partial charge in [-0.1, -0.05) is 24.3 Å². The SMILES string of the molecule is COc1ccc([C@H](C)NC(=O)CN(c2ccccc2)S(=O)(=O)c2ccc(OC)c(OC)c2)cc1OC. The van der Waals surface area contributed by atoms with Gasteiger partial charge >= 0.3 is 0 Å². The van der Waals surface area contributed by atoms with Gasteiger partial charge < -0.3 is 24.3 Å². The Balaban J connectivity index is 1.89. The van der Waals surface area contributed by atoms with Crippen molar-refractivity contribution in [2.45, 2.75) is 17.9 Å². The predicted molar refractivity (Wildman–Crippen MR) is 137 cm³/mol. The van der Waals surface area contributed by atoms with E-state index in [9.17, 15) is 13.2 Å². The van der Waals surface area contributed by atoms with Crippen molar-refractivity contribution < 1.29 is 32.2 Å². The lowest BCUT2D eigenvalue weighted by atomic mass is 10.1. The van der Waals surface area contributed by atoms with E-state index in [1.165, 1.54) is 39.5 Å². The molecule has 0 aliphatic rings. The van der Waals surface area contributed by atoms with Crippen LogP contribution in [-0.4, -0.2) is 49.3 Å². The number of anilines is 1. The Bertz CT molecular complexity index is 1300. The number of nitrogens with zero attached hydrogens (tertiary/aromatic N) is 1. The van der Waals surface area contributed by atoms with E-state index < -0.39 is 28.5 Å². The average Bonchev–Trinajstić information content (AvgIpc) is 2.91. The largest absolute Gasteiger partial charge is 0.493 e. The zero-order chi connectivity index (χ0) is 26.3. The van der Waals surface area contributed by atoms with E-state index in [1.807, 2.05) is 6.07 Å². The molecule has 0 saturated carbocycles. The van der Waals surface area contributed by atoms with Crippen molar-refractivity contribution in [3.63, 3.8) is 0 Å². The predicted octanol–water partition coefficient (Wildman–Crippen LogP) is 3.79. The number of hydrogen-bond donors (Lipinski definition) is 1. The molecular weight excluding hydrogens is 484 g/mol. The lowest BCUT2D eigenvalue weighted by Crippen LogP contribution is -2.41. The van der Waals surface area contributed by atoms with Crippen molar-refractivity contribution in [3.05, 3.63) is 72.3 Å². The van der Waals surface area contributed by atoms with Crippen LogP contribution in [0.5, 0.6) is 23.0 Å². The van der Waals surface area contributed by atoms with E-state index in [0.29, 0.717) is 22.9 Å². The molecule has 3 aromatic rings. The van der Waals surface area contributed by atoms with Gasteiger partial charge in [-0.05, 0) is 48.9 Å². The van der Waals surface area contributed by atoms with Crippen LogP contribution in [0.4, 0.5) is 5.69 Å². The molecule has 1 atom stereocenters. The van der Waals surface area contributed by atoms with Gasteiger partial charge in [-0.3, -0.25) is 9.10 Å². The first-order valence-corrected chi connectivity index (χ1v) is 12.5. The zero-order valence-corrected chi connectivity index (χ0v) is 21.7. The molecule has 0 bridgehead atoms. The van der Waals surface area contributed by atoms with E-state index in [1.54, 1.807) is 56.5 Å². The fraction of sp³-hybridized carbons (Fsp3) is 0.269. The quantitative estimate of drug-likeness (QED) is 0.415. The zero-order valence-electron chi connectivity index (χ0n) is 20.8. The summed E-state index contributed by atoms with van der Waals surface area (Å²) in [4.78, 5) is 13.0. The van der Waals surface area contributed by atoms with Gasteiger partial charge in [0.05, 0.1) is 45.1 Å². The van der Waals surface area contributed by atoms with Crippen LogP contribution in [0.15, 0.2) is 71.6 Å². The van der Waals surface area contributed by atoms with Crippen LogP contribution >= 0.6 is 0 Å². The van der Waals surface area contributed by atoms with Crippen molar-refractivity contribution in [3.8, 4) is 23.0 Å². The van der Waals surface area contributed by atoms with Crippen LogP contribution in [0.25, 0.3) is 0 Å². The molecule has 0 unspecified atom stereocenters. The number of benzene rings is 3. The Labute approximate surface area is 211 Å². The third-order valence-corrected chi connectivity index (χ3v) is 7.33. The minimum Gasteiger partial charge on any atom is -0.493 e. The van der Waals surface area contributed by atoms with E-state index in [-0.39, 0.29) is 10.6 Å². The summed E-state index contributed by atoms with van der Waals surface area (Å²) >= 11 is 0. The van der Waals surface area contributed by atoms with Crippen molar-refractivity contribution in [2.24, 2.45) is 0 Å². The Morgan fingerprint density at radius 3 is 1.94 bits per heavy atom. The number of para-hydroxylation sites is 1. The number of nitrogens with one attached hydrogen (secondary N) is 1. The van der Waals surface area contributed by atoms with Crippen LogP contribution in [-0.2, 0) is 14.8 Å². The second kappa shape index (κ2) is 11.7. The first-order chi connectivity index (χ1) is 17.2. The third-order valence-electron chi connectivity index (χ3n) is 5.56. The maximum absolute atomic E-state index is 13.7. The van der Waals surface area contributed by atoms with Gasteiger partial charge in [0.1, 0.15) is 6.54 Å².